The summed E-state index contributed by atoms with van der Waals surface area (Å²) in [6, 6.07) is 5.33. The molecular weight excluding hydrogens is 418 g/mol. The second-order valence-electron chi connectivity index (χ2n) is 7.76. The zero-order chi connectivity index (χ0) is 21.6. The number of nitrogens with zero attached hydrogens (tertiary/aromatic N) is 2. The van der Waals surface area contributed by atoms with Crippen LogP contribution in [0, 0.1) is 13.8 Å². The molecule has 1 amide bonds. The van der Waals surface area contributed by atoms with Crippen LogP contribution in [0.5, 0.6) is 0 Å². The third kappa shape index (κ3) is 3.70. The molecule has 1 N–H and O–H groups in total. The van der Waals surface area contributed by atoms with E-state index < -0.39 is 0 Å². The van der Waals surface area contributed by atoms with E-state index in [0.717, 1.165) is 26.5 Å². The molecule has 30 heavy (non-hydrogen) atoms. The minimum absolute atomic E-state index is 0.00399. The molecular formula is C22H23N3O3S2. The Hall–Kier alpha value is -2.45. The maximum Gasteiger partial charge on any atom is 0.263 e. The summed E-state index contributed by atoms with van der Waals surface area (Å²) in [6.45, 7) is 7.85. The maximum absolute atomic E-state index is 13.1. The van der Waals surface area contributed by atoms with E-state index in [4.69, 9.17) is 4.98 Å². The van der Waals surface area contributed by atoms with E-state index in [1.807, 2.05) is 33.8 Å². The fourth-order valence-corrected chi connectivity index (χ4v) is 5.71. The van der Waals surface area contributed by atoms with Gasteiger partial charge in [-0.25, -0.2) is 4.98 Å². The lowest BCUT2D eigenvalue weighted by Crippen LogP contribution is -2.25. The number of benzene rings is 1. The third-order valence-electron chi connectivity index (χ3n) is 5.37. The first kappa shape index (κ1) is 20.8. The number of anilines is 1. The topological polar surface area (TPSA) is 81.1 Å². The summed E-state index contributed by atoms with van der Waals surface area (Å²) < 4.78 is 1.68. The second-order valence-corrected chi connectivity index (χ2v) is 9.90. The summed E-state index contributed by atoms with van der Waals surface area (Å²) in [5.74, 6) is 0.172. The first-order valence-electron chi connectivity index (χ1n) is 9.87. The van der Waals surface area contributed by atoms with Crippen LogP contribution in [-0.2, 0) is 11.2 Å². The number of aromatic nitrogens is 2. The van der Waals surface area contributed by atoms with Crippen molar-refractivity contribution < 1.29 is 9.59 Å². The van der Waals surface area contributed by atoms with Crippen molar-refractivity contribution in [2.45, 2.75) is 51.7 Å². The minimum Gasteiger partial charge on any atom is -0.326 e. The van der Waals surface area contributed by atoms with Crippen molar-refractivity contribution in [2.24, 2.45) is 0 Å². The number of hydrogen-bond donors (Lipinski definition) is 1. The van der Waals surface area contributed by atoms with Crippen LogP contribution in [-0.4, -0.2) is 27.0 Å². The molecule has 156 valence electrons. The maximum atomic E-state index is 13.1. The summed E-state index contributed by atoms with van der Waals surface area (Å²) in [6.07, 6.45) is 1.07. The van der Waals surface area contributed by atoms with E-state index in [0.29, 0.717) is 28.9 Å². The molecule has 2 aromatic heterocycles. The first-order valence-corrected chi connectivity index (χ1v) is 11.7. The number of thioether (sulfide) groups is 1. The number of hydrogen-bond acceptors (Lipinski definition) is 6. The molecule has 0 fully saturated rings. The molecule has 1 aromatic carbocycles. The van der Waals surface area contributed by atoms with E-state index in [1.54, 1.807) is 16.7 Å². The summed E-state index contributed by atoms with van der Waals surface area (Å²) in [7, 11) is 0. The molecule has 6 nitrogen and oxygen atoms in total. The van der Waals surface area contributed by atoms with Gasteiger partial charge >= 0.3 is 0 Å². The fraction of sp³-hybridized carbons (Fsp3) is 0.364. The van der Waals surface area contributed by atoms with Crippen molar-refractivity contribution in [3.05, 3.63) is 50.1 Å². The summed E-state index contributed by atoms with van der Waals surface area (Å²) in [5, 5.41) is 4.08. The lowest BCUT2D eigenvalue weighted by atomic mass is 9.99. The Morgan fingerprint density at radius 2 is 2.03 bits per heavy atom. The molecule has 0 saturated carbocycles. The number of carbonyl (C=O) groups excluding carboxylic acids is 2. The Bertz CT molecular complexity index is 1240. The van der Waals surface area contributed by atoms with Crippen molar-refractivity contribution in [1.82, 2.24) is 9.55 Å². The van der Waals surface area contributed by atoms with Crippen molar-refractivity contribution in [2.75, 3.05) is 11.1 Å². The van der Waals surface area contributed by atoms with Gasteiger partial charge in [-0.1, -0.05) is 11.8 Å². The number of aryl methyl sites for hydroxylation is 3. The average Bonchev–Trinajstić information content (AvgIpc) is 2.99. The molecule has 0 spiro atoms. The van der Waals surface area contributed by atoms with Crippen molar-refractivity contribution in [3.63, 3.8) is 0 Å². The Morgan fingerprint density at radius 3 is 2.77 bits per heavy atom. The Balaban J connectivity index is 1.62. The van der Waals surface area contributed by atoms with Gasteiger partial charge in [0.1, 0.15) is 4.83 Å². The van der Waals surface area contributed by atoms with E-state index in [1.165, 1.54) is 23.1 Å². The highest BCUT2D eigenvalue weighted by atomic mass is 32.2. The van der Waals surface area contributed by atoms with Crippen LogP contribution in [0.2, 0.25) is 0 Å². The van der Waals surface area contributed by atoms with E-state index in [9.17, 15) is 14.4 Å². The predicted octanol–water partition coefficient (Wildman–Crippen LogP) is 4.52. The van der Waals surface area contributed by atoms with E-state index in [2.05, 4.69) is 5.32 Å². The minimum atomic E-state index is -0.0565. The lowest BCUT2D eigenvalue weighted by molar-refractivity contribution is -0.116. The Kier molecular flexibility index (Phi) is 5.55. The number of Topliss-reactive ketones (excluding diaryl/α,β-unsaturated/α-hetero) is 1. The summed E-state index contributed by atoms with van der Waals surface area (Å²) >= 11 is 2.82. The van der Waals surface area contributed by atoms with Crippen LogP contribution in [0.1, 0.15) is 52.7 Å². The summed E-state index contributed by atoms with van der Waals surface area (Å²) in [5.41, 5.74) is 3.31. The van der Waals surface area contributed by atoms with E-state index >= 15 is 0 Å². The fourth-order valence-electron chi connectivity index (χ4n) is 3.62. The number of ketones is 1. The highest BCUT2D eigenvalue weighted by Crippen LogP contribution is 2.30. The normalized spacial score (nSPS) is 13.6. The van der Waals surface area contributed by atoms with Gasteiger partial charge < -0.3 is 5.32 Å². The molecule has 1 aliphatic heterocycles. The largest absolute Gasteiger partial charge is 0.326 e. The van der Waals surface area contributed by atoms with E-state index in [-0.39, 0.29) is 29.0 Å². The van der Waals surface area contributed by atoms with Crippen LogP contribution >= 0.6 is 23.1 Å². The quantitative estimate of drug-likeness (QED) is 0.358. The van der Waals surface area contributed by atoms with Gasteiger partial charge in [0.25, 0.3) is 5.56 Å². The van der Waals surface area contributed by atoms with Gasteiger partial charge in [-0.2, -0.15) is 0 Å². The van der Waals surface area contributed by atoms with Crippen LogP contribution in [0.25, 0.3) is 10.2 Å². The van der Waals surface area contributed by atoms with Gasteiger partial charge in [-0.05, 0) is 63.4 Å². The molecule has 1 aliphatic rings. The second kappa shape index (κ2) is 8.00. The van der Waals surface area contributed by atoms with Gasteiger partial charge in [0.05, 0.1) is 11.1 Å². The van der Waals surface area contributed by atoms with Gasteiger partial charge in [-0.3, -0.25) is 19.0 Å². The molecule has 8 heteroatoms. The van der Waals surface area contributed by atoms with Crippen LogP contribution in [0.4, 0.5) is 5.69 Å². The molecule has 3 aromatic rings. The molecule has 4 rings (SSSR count). The SMILES string of the molecule is Cc1sc2nc(SCC(=O)c3ccc4c(c3)CCC(=O)N4)n(C(C)C)c(=O)c2c1C. The van der Waals surface area contributed by atoms with Gasteiger partial charge in [0.2, 0.25) is 5.91 Å². The molecule has 3 heterocycles. The zero-order valence-corrected chi connectivity index (χ0v) is 19.0. The average molecular weight is 442 g/mol. The van der Waals surface area contributed by atoms with Gasteiger partial charge in [-0.15, -0.1) is 11.3 Å². The van der Waals surface area contributed by atoms with Crippen LogP contribution in [0.15, 0.2) is 28.2 Å². The number of amides is 1. The van der Waals surface area contributed by atoms with Gasteiger partial charge in [0.15, 0.2) is 10.9 Å². The standard InChI is InChI=1S/C22H23N3O3S2/c1-11(2)25-21(28)19-12(3)13(4)30-20(19)24-22(25)29-10-17(26)15-5-7-16-14(9-15)6-8-18(27)23-16/h5,7,9,11H,6,8,10H2,1-4H3,(H,23,27). The molecule has 0 atom stereocenters. The number of thiophene rings is 1. The number of nitrogens with one attached hydrogen (secondary N) is 1. The molecule has 0 unspecified atom stereocenters. The monoisotopic (exact) mass is 441 g/mol. The number of fused-ring (bicyclic) bond motifs is 2. The summed E-state index contributed by atoms with van der Waals surface area (Å²) in [4.78, 5) is 44.0. The Labute approximate surface area is 182 Å². The van der Waals surface area contributed by atoms with Crippen molar-refractivity contribution in [1.29, 1.82) is 0 Å². The highest BCUT2D eigenvalue weighted by molar-refractivity contribution is 7.99. The van der Waals surface area contributed by atoms with Gasteiger partial charge in [0, 0.05) is 28.6 Å². The molecule has 0 saturated heterocycles. The first-order chi connectivity index (χ1) is 14.3. The highest BCUT2D eigenvalue weighted by Gasteiger charge is 2.20. The third-order valence-corrected chi connectivity index (χ3v) is 7.43. The number of rotatable bonds is 5. The molecule has 0 aliphatic carbocycles. The van der Waals surface area contributed by atoms with Crippen molar-refractivity contribution in [3.8, 4) is 0 Å². The van der Waals surface area contributed by atoms with Crippen molar-refractivity contribution >= 4 is 50.7 Å². The van der Waals surface area contributed by atoms with Crippen LogP contribution < -0.4 is 10.9 Å². The number of carbonyl (C=O) groups is 2. The zero-order valence-electron chi connectivity index (χ0n) is 17.4. The molecule has 0 radical (unpaired) electrons. The lowest BCUT2D eigenvalue weighted by Gasteiger charge is -2.17. The van der Waals surface area contributed by atoms with Crippen LogP contribution in [0.3, 0.4) is 0 Å². The predicted molar refractivity (Wildman–Crippen MR) is 122 cm³/mol. The smallest absolute Gasteiger partial charge is 0.263 e. The molecule has 0 bridgehead atoms. The Morgan fingerprint density at radius 1 is 1.27 bits per heavy atom.